The molecule has 0 radical (unpaired) electrons. The molecule has 0 saturated carbocycles. The number of nitrogens with one attached hydrogen (secondary N) is 1. The van der Waals surface area contributed by atoms with E-state index in [1.165, 1.54) is 28.0 Å². The molecule has 0 fully saturated rings. The van der Waals surface area contributed by atoms with Crippen molar-refractivity contribution < 1.29 is 4.79 Å². The molecule has 1 atom stereocenters. The Kier molecular flexibility index (Phi) is 6.09. The highest BCUT2D eigenvalue weighted by molar-refractivity contribution is 7.17. The second-order valence-electron chi connectivity index (χ2n) is 7.00. The highest BCUT2D eigenvalue weighted by Crippen LogP contribution is 2.31. The lowest BCUT2D eigenvalue weighted by atomic mass is 10.1. The lowest BCUT2D eigenvalue weighted by molar-refractivity contribution is 0.0945. The monoisotopic (exact) mass is 399 g/mol. The smallest absolute Gasteiger partial charge is 0.263 e. The van der Waals surface area contributed by atoms with E-state index in [9.17, 15) is 4.79 Å². The average Bonchev–Trinajstić information content (AvgIpc) is 3.24. The number of thiophene rings is 1. The molecule has 2 aromatic heterocycles. The zero-order valence-electron chi connectivity index (χ0n) is 16.4. The van der Waals surface area contributed by atoms with Crippen LogP contribution in [0.1, 0.15) is 38.1 Å². The normalized spacial score (nSPS) is 12.4. The van der Waals surface area contributed by atoms with Crippen molar-refractivity contribution in [2.75, 3.05) is 20.6 Å². The van der Waals surface area contributed by atoms with E-state index >= 15 is 0 Å². The highest BCUT2D eigenvalue weighted by atomic mass is 32.1. The van der Waals surface area contributed by atoms with E-state index in [0.29, 0.717) is 11.4 Å². The van der Waals surface area contributed by atoms with E-state index in [1.54, 1.807) is 11.3 Å². The fraction of sp³-hybridized carbons (Fsp3) is 0.333. The first-order valence-electron chi connectivity index (χ1n) is 8.88. The number of nitrogens with zero attached hydrogens (tertiary/aromatic N) is 2. The fourth-order valence-electron chi connectivity index (χ4n) is 3.11. The Hall–Kier alpha value is -2.02. The molecule has 142 valence electrons. The van der Waals surface area contributed by atoms with Gasteiger partial charge in [0.1, 0.15) is 9.88 Å². The van der Waals surface area contributed by atoms with E-state index in [-0.39, 0.29) is 11.9 Å². The third kappa shape index (κ3) is 4.46. The van der Waals surface area contributed by atoms with Crippen molar-refractivity contribution in [1.82, 2.24) is 15.2 Å². The van der Waals surface area contributed by atoms with Crippen molar-refractivity contribution in [2.24, 2.45) is 0 Å². The Bertz CT molecular complexity index is 929. The molecule has 0 aliphatic rings. The molecule has 2 heterocycles. The number of carbonyl (C=O) groups is 1. The second kappa shape index (κ2) is 8.33. The molecule has 1 amide bonds. The number of hydrogen-bond donors (Lipinski definition) is 1. The van der Waals surface area contributed by atoms with Crippen LogP contribution in [-0.2, 0) is 0 Å². The summed E-state index contributed by atoms with van der Waals surface area (Å²) in [5, 5.41) is 8.19. The molecule has 27 heavy (non-hydrogen) atoms. The largest absolute Gasteiger partial charge is 0.349 e. The van der Waals surface area contributed by atoms with Gasteiger partial charge in [-0.05, 0) is 62.8 Å². The van der Waals surface area contributed by atoms with Crippen LogP contribution in [0.4, 0.5) is 0 Å². The summed E-state index contributed by atoms with van der Waals surface area (Å²) in [6.07, 6.45) is 0. The van der Waals surface area contributed by atoms with Gasteiger partial charge in [0.2, 0.25) is 0 Å². The van der Waals surface area contributed by atoms with Gasteiger partial charge >= 0.3 is 0 Å². The number of thiazole rings is 1. The molecule has 3 rings (SSSR count). The molecule has 1 unspecified atom stereocenters. The van der Waals surface area contributed by atoms with Crippen LogP contribution in [-0.4, -0.2) is 36.4 Å². The van der Waals surface area contributed by atoms with Crippen LogP contribution in [0.25, 0.3) is 10.6 Å². The van der Waals surface area contributed by atoms with Crippen LogP contribution in [0.5, 0.6) is 0 Å². The molecular weight excluding hydrogens is 374 g/mol. The number of hydrogen-bond acceptors (Lipinski definition) is 5. The molecule has 6 heteroatoms. The summed E-state index contributed by atoms with van der Waals surface area (Å²) >= 11 is 3.14. The zero-order chi connectivity index (χ0) is 19.6. The molecule has 1 aromatic carbocycles. The summed E-state index contributed by atoms with van der Waals surface area (Å²) in [7, 11) is 4.06. The van der Waals surface area contributed by atoms with Crippen molar-refractivity contribution in [3.8, 4) is 10.6 Å². The molecule has 0 spiro atoms. The Morgan fingerprint density at radius 2 is 2.00 bits per heavy atom. The molecule has 0 saturated heterocycles. The van der Waals surface area contributed by atoms with Crippen LogP contribution >= 0.6 is 22.7 Å². The van der Waals surface area contributed by atoms with Gasteiger partial charge in [-0.25, -0.2) is 4.98 Å². The maximum Gasteiger partial charge on any atom is 0.263 e. The van der Waals surface area contributed by atoms with E-state index in [4.69, 9.17) is 0 Å². The van der Waals surface area contributed by atoms with Gasteiger partial charge in [0.25, 0.3) is 5.91 Å². The SMILES string of the molecule is Cc1ccc(-c2nc(C)c(C(=O)NCC(c3ccsc3)N(C)C)s2)c(C)c1. The molecule has 0 aliphatic heterocycles. The third-order valence-corrected chi connectivity index (χ3v) is 6.51. The number of aromatic nitrogens is 1. The van der Waals surface area contributed by atoms with Crippen molar-refractivity contribution in [3.05, 3.63) is 62.3 Å². The maximum absolute atomic E-state index is 12.8. The summed E-state index contributed by atoms with van der Waals surface area (Å²) < 4.78 is 0. The third-order valence-electron chi connectivity index (χ3n) is 4.62. The predicted octanol–water partition coefficient (Wildman–Crippen LogP) is 4.83. The number of likely N-dealkylation sites (N-methyl/N-ethyl adjacent to an activating group) is 1. The quantitative estimate of drug-likeness (QED) is 0.646. The minimum absolute atomic E-state index is 0.0527. The minimum Gasteiger partial charge on any atom is -0.349 e. The van der Waals surface area contributed by atoms with Gasteiger partial charge in [-0.2, -0.15) is 11.3 Å². The van der Waals surface area contributed by atoms with Gasteiger partial charge in [0, 0.05) is 12.1 Å². The lowest BCUT2D eigenvalue weighted by Crippen LogP contribution is -2.34. The predicted molar refractivity (Wildman–Crippen MR) is 115 cm³/mol. The number of rotatable bonds is 6. The van der Waals surface area contributed by atoms with Gasteiger partial charge < -0.3 is 10.2 Å². The highest BCUT2D eigenvalue weighted by Gasteiger charge is 2.20. The molecule has 4 nitrogen and oxygen atoms in total. The van der Waals surface area contributed by atoms with E-state index in [1.807, 2.05) is 21.0 Å². The number of aryl methyl sites for hydroxylation is 3. The molecule has 0 bridgehead atoms. The summed E-state index contributed by atoms with van der Waals surface area (Å²) in [4.78, 5) is 20.3. The first kappa shape index (κ1) is 19.7. The van der Waals surface area contributed by atoms with E-state index in [2.05, 4.69) is 64.1 Å². The van der Waals surface area contributed by atoms with E-state index < -0.39 is 0 Å². The summed E-state index contributed by atoms with van der Waals surface area (Å²) in [6.45, 7) is 6.64. The first-order chi connectivity index (χ1) is 12.9. The Morgan fingerprint density at radius 3 is 2.63 bits per heavy atom. The van der Waals surface area contributed by atoms with Gasteiger partial charge in [-0.15, -0.1) is 11.3 Å². The average molecular weight is 400 g/mol. The summed E-state index contributed by atoms with van der Waals surface area (Å²) in [6, 6.07) is 8.59. The van der Waals surface area contributed by atoms with E-state index in [0.717, 1.165) is 16.3 Å². The summed E-state index contributed by atoms with van der Waals surface area (Å²) in [5.41, 5.74) is 5.51. The summed E-state index contributed by atoms with van der Waals surface area (Å²) in [5.74, 6) is -0.0527. The van der Waals surface area contributed by atoms with Crippen molar-refractivity contribution in [2.45, 2.75) is 26.8 Å². The number of carbonyl (C=O) groups excluding carboxylic acids is 1. The van der Waals surface area contributed by atoms with Crippen LogP contribution < -0.4 is 5.32 Å². The Labute approximate surface area is 168 Å². The topological polar surface area (TPSA) is 45.2 Å². The Morgan fingerprint density at radius 1 is 1.22 bits per heavy atom. The van der Waals surface area contributed by atoms with Crippen LogP contribution in [0, 0.1) is 20.8 Å². The van der Waals surface area contributed by atoms with Gasteiger partial charge in [-0.1, -0.05) is 23.8 Å². The van der Waals surface area contributed by atoms with Gasteiger partial charge in [0.15, 0.2) is 0 Å². The van der Waals surface area contributed by atoms with Crippen molar-refractivity contribution in [3.63, 3.8) is 0 Å². The minimum atomic E-state index is -0.0527. The van der Waals surface area contributed by atoms with Crippen LogP contribution in [0.2, 0.25) is 0 Å². The molecule has 3 aromatic rings. The molecule has 0 aliphatic carbocycles. The maximum atomic E-state index is 12.8. The van der Waals surface area contributed by atoms with Crippen molar-refractivity contribution in [1.29, 1.82) is 0 Å². The first-order valence-corrected chi connectivity index (χ1v) is 10.6. The van der Waals surface area contributed by atoms with Crippen molar-refractivity contribution >= 4 is 28.6 Å². The zero-order valence-corrected chi connectivity index (χ0v) is 18.0. The van der Waals surface area contributed by atoms with Crippen LogP contribution in [0.15, 0.2) is 35.0 Å². The number of amides is 1. The standard InChI is InChI=1S/C21H25N3OS2/c1-13-6-7-17(14(2)10-13)21-23-15(3)19(27-21)20(25)22-11-18(24(4)5)16-8-9-26-12-16/h6-10,12,18H,11H2,1-5H3,(H,22,25). The molecule has 1 N–H and O–H groups in total. The van der Waals surface area contributed by atoms with Crippen LogP contribution in [0.3, 0.4) is 0 Å². The second-order valence-corrected chi connectivity index (χ2v) is 8.78. The fourth-order valence-corrected chi connectivity index (χ4v) is 4.89. The Balaban J connectivity index is 1.76. The number of benzene rings is 1. The van der Waals surface area contributed by atoms with Gasteiger partial charge in [-0.3, -0.25) is 4.79 Å². The lowest BCUT2D eigenvalue weighted by Gasteiger charge is -2.23. The molecular formula is C21H25N3OS2. The van der Waals surface area contributed by atoms with Gasteiger partial charge in [0.05, 0.1) is 11.7 Å².